The number of carbonyl (C=O) groups is 1. The van der Waals surface area contributed by atoms with Crippen molar-refractivity contribution in [3.63, 3.8) is 0 Å². The zero-order valence-electron chi connectivity index (χ0n) is 3.14. The van der Waals surface area contributed by atoms with E-state index in [0.29, 0.717) is 0 Å². The van der Waals surface area contributed by atoms with E-state index in [4.69, 9.17) is 5.11 Å². The average molecular weight is 156 g/mol. The molecular formula is C2H7NO2Se. The van der Waals surface area contributed by atoms with E-state index < -0.39 is 5.97 Å². The van der Waals surface area contributed by atoms with E-state index in [1.807, 2.05) is 0 Å². The SMILES string of the molecule is NCC(=O)O.[SeH2]. The summed E-state index contributed by atoms with van der Waals surface area (Å²) < 4.78 is 0. The van der Waals surface area contributed by atoms with Crippen molar-refractivity contribution in [3.05, 3.63) is 0 Å². The molecule has 0 amide bonds. The summed E-state index contributed by atoms with van der Waals surface area (Å²) >= 11 is 0. The molecule has 0 bridgehead atoms. The molecule has 0 aliphatic rings. The van der Waals surface area contributed by atoms with Gasteiger partial charge in [-0.05, 0) is 0 Å². The van der Waals surface area contributed by atoms with Crippen LogP contribution in [0.15, 0.2) is 0 Å². The molecule has 38 valence electrons. The third kappa shape index (κ3) is 9.04. The van der Waals surface area contributed by atoms with Gasteiger partial charge in [0.1, 0.15) is 0 Å². The van der Waals surface area contributed by atoms with Gasteiger partial charge >= 0.3 is 23.0 Å². The van der Waals surface area contributed by atoms with Gasteiger partial charge in [-0.15, -0.1) is 0 Å². The van der Waals surface area contributed by atoms with Crippen LogP contribution < -0.4 is 5.73 Å². The molecule has 6 heavy (non-hydrogen) atoms. The van der Waals surface area contributed by atoms with Gasteiger partial charge in [0, 0.05) is 0 Å². The van der Waals surface area contributed by atoms with E-state index >= 15 is 0 Å². The van der Waals surface area contributed by atoms with Crippen molar-refractivity contribution in [1.29, 1.82) is 0 Å². The van der Waals surface area contributed by atoms with Gasteiger partial charge in [-0.3, -0.25) is 4.79 Å². The first-order chi connectivity index (χ1) is 2.27. The van der Waals surface area contributed by atoms with Gasteiger partial charge in [0.25, 0.3) is 0 Å². The van der Waals surface area contributed by atoms with E-state index in [1.165, 1.54) is 0 Å². The Morgan fingerprint density at radius 1 is 1.83 bits per heavy atom. The van der Waals surface area contributed by atoms with Crippen LogP contribution in [-0.2, 0) is 4.79 Å². The summed E-state index contributed by atoms with van der Waals surface area (Å²) in [6.07, 6.45) is 0. The molecular weight excluding hydrogens is 149 g/mol. The molecule has 0 rings (SSSR count). The van der Waals surface area contributed by atoms with E-state index in [1.54, 1.807) is 0 Å². The molecule has 0 radical (unpaired) electrons. The maximum absolute atomic E-state index is 9.24. The molecule has 4 heteroatoms. The Morgan fingerprint density at radius 3 is 2.00 bits per heavy atom. The van der Waals surface area contributed by atoms with Crippen molar-refractivity contribution in [2.24, 2.45) is 5.73 Å². The van der Waals surface area contributed by atoms with Crippen molar-refractivity contribution in [2.75, 3.05) is 6.54 Å². The Bertz CT molecular complexity index is 46.8. The third-order valence-corrected chi connectivity index (χ3v) is 0.175. The van der Waals surface area contributed by atoms with Crippen LogP contribution in [-0.4, -0.2) is 34.7 Å². The summed E-state index contributed by atoms with van der Waals surface area (Å²) in [7, 11) is 0. The van der Waals surface area contributed by atoms with Crippen LogP contribution in [0.4, 0.5) is 0 Å². The Morgan fingerprint density at radius 2 is 2.00 bits per heavy atom. The summed E-state index contributed by atoms with van der Waals surface area (Å²) in [6.45, 7) is -0.278. The first kappa shape index (κ1) is 9.34. The summed E-state index contributed by atoms with van der Waals surface area (Å²) in [5.74, 6) is -0.968. The molecule has 0 fully saturated rings. The van der Waals surface area contributed by atoms with Gasteiger partial charge < -0.3 is 10.8 Å². The Labute approximate surface area is 46.0 Å². The number of carboxylic acids is 1. The molecule has 3 N–H and O–H groups in total. The number of nitrogens with two attached hydrogens (primary N) is 1. The van der Waals surface area contributed by atoms with Gasteiger partial charge in [-0.1, -0.05) is 0 Å². The molecule has 0 aliphatic heterocycles. The fourth-order valence-electron chi connectivity index (χ4n) is 0. The van der Waals surface area contributed by atoms with Crippen molar-refractivity contribution >= 4 is 23.0 Å². The van der Waals surface area contributed by atoms with Gasteiger partial charge in [0.05, 0.1) is 6.54 Å². The van der Waals surface area contributed by atoms with Crippen LogP contribution in [0.25, 0.3) is 0 Å². The van der Waals surface area contributed by atoms with Gasteiger partial charge in [0.15, 0.2) is 0 Å². The molecule has 0 aliphatic carbocycles. The number of hydrogen-bond acceptors (Lipinski definition) is 2. The van der Waals surface area contributed by atoms with Gasteiger partial charge in [-0.25, -0.2) is 0 Å². The number of carboxylic acid groups (broad SMARTS) is 1. The second kappa shape index (κ2) is 4.95. The second-order valence-corrected chi connectivity index (χ2v) is 0.598. The normalized spacial score (nSPS) is 6.17. The zero-order valence-corrected chi connectivity index (χ0v) is 5.24. The topological polar surface area (TPSA) is 63.3 Å². The Balaban J connectivity index is 0. The van der Waals surface area contributed by atoms with Crippen LogP contribution in [0.1, 0.15) is 0 Å². The third-order valence-electron chi connectivity index (χ3n) is 0.175. The molecule has 0 heterocycles. The Hall–Kier alpha value is -0.0505. The van der Waals surface area contributed by atoms with Crippen LogP contribution in [0, 0.1) is 0 Å². The summed E-state index contributed by atoms with van der Waals surface area (Å²) in [4.78, 5) is 9.24. The molecule has 0 unspecified atom stereocenters. The first-order valence-corrected chi connectivity index (χ1v) is 1.19. The molecule has 0 saturated carbocycles. The van der Waals surface area contributed by atoms with Crippen molar-refractivity contribution in [3.8, 4) is 0 Å². The summed E-state index contributed by atoms with van der Waals surface area (Å²) in [6, 6.07) is 0. The van der Waals surface area contributed by atoms with E-state index in [2.05, 4.69) is 5.73 Å². The predicted molar refractivity (Wildman–Crippen MR) is 25.2 cm³/mol. The maximum atomic E-state index is 9.24. The molecule has 3 nitrogen and oxygen atoms in total. The predicted octanol–water partition coefficient (Wildman–Crippen LogP) is -1.89. The molecule has 0 aromatic carbocycles. The summed E-state index contributed by atoms with van der Waals surface area (Å²) in [5.41, 5.74) is 4.57. The van der Waals surface area contributed by atoms with Crippen molar-refractivity contribution in [1.82, 2.24) is 0 Å². The number of hydrogen-bond donors (Lipinski definition) is 2. The fraction of sp³-hybridized carbons (Fsp3) is 0.500. The number of rotatable bonds is 1. The van der Waals surface area contributed by atoms with Crippen molar-refractivity contribution in [2.45, 2.75) is 0 Å². The fourth-order valence-corrected chi connectivity index (χ4v) is 0. The minimum atomic E-state index is -0.968. The van der Waals surface area contributed by atoms with Crippen LogP contribution >= 0.6 is 0 Å². The average Bonchev–Trinajstić information content (AvgIpc) is 1.38. The van der Waals surface area contributed by atoms with Crippen LogP contribution in [0.3, 0.4) is 0 Å². The van der Waals surface area contributed by atoms with Crippen LogP contribution in [0.2, 0.25) is 0 Å². The van der Waals surface area contributed by atoms with Gasteiger partial charge in [0.2, 0.25) is 0 Å². The summed E-state index contributed by atoms with van der Waals surface area (Å²) in [5, 5.41) is 7.60. The van der Waals surface area contributed by atoms with Crippen LogP contribution in [0.5, 0.6) is 0 Å². The van der Waals surface area contributed by atoms with Crippen molar-refractivity contribution < 1.29 is 9.90 Å². The molecule has 0 spiro atoms. The molecule has 0 atom stereocenters. The minimum absolute atomic E-state index is 0. The first-order valence-electron chi connectivity index (χ1n) is 1.19. The monoisotopic (exact) mass is 157 g/mol. The Kier molecular flexibility index (Phi) is 7.71. The van der Waals surface area contributed by atoms with E-state index in [0.717, 1.165) is 0 Å². The second-order valence-electron chi connectivity index (χ2n) is 0.598. The zero-order chi connectivity index (χ0) is 4.28. The number of aliphatic carboxylic acids is 1. The molecule has 0 aromatic heterocycles. The quantitative estimate of drug-likeness (QED) is 0.436. The van der Waals surface area contributed by atoms with E-state index in [9.17, 15) is 4.79 Å². The van der Waals surface area contributed by atoms with E-state index in [-0.39, 0.29) is 23.6 Å². The van der Waals surface area contributed by atoms with Gasteiger partial charge in [-0.2, -0.15) is 0 Å². The standard InChI is InChI=1S/C2H5NO2.H2Se/c3-1-2(4)5;/h1,3H2,(H,4,5);1H2. The molecule has 0 saturated heterocycles. The molecule has 0 aromatic rings.